The van der Waals surface area contributed by atoms with Crippen molar-refractivity contribution < 1.29 is 27.5 Å². The number of anilines is 1. The number of nitrogens with one attached hydrogen (secondary N) is 2. The van der Waals surface area contributed by atoms with E-state index in [9.17, 15) is 22.8 Å². The van der Waals surface area contributed by atoms with Crippen LogP contribution >= 0.6 is 0 Å². The number of hydrogen-bond donors (Lipinski definition) is 2. The molecule has 0 fully saturated rings. The Hall–Kier alpha value is -4.42. The molecule has 2 amide bonds. The standard InChI is InChI=1S/C24H24F3N7O3/c1-4-10-28-23(36)21-18(13-33(5-2)32-21)30-22(35)17-12-20-29-16(14-6-8-15(37-3)9-7-14)11-19(24(25,26)27)34(20)31-17/h6-9,11-13H,4-5,10H2,1-3H3,(H,28,36)(H,30,35). The normalized spacial score (nSPS) is 11.5. The van der Waals surface area contributed by atoms with Gasteiger partial charge in [-0.05, 0) is 43.7 Å². The highest BCUT2D eigenvalue weighted by atomic mass is 19.4. The number of amides is 2. The van der Waals surface area contributed by atoms with Crippen molar-refractivity contribution in [2.45, 2.75) is 33.0 Å². The predicted octanol–water partition coefficient (Wildman–Crippen LogP) is 4.03. The van der Waals surface area contributed by atoms with Crippen LogP contribution in [0.25, 0.3) is 16.9 Å². The van der Waals surface area contributed by atoms with Gasteiger partial charge in [-0.2, -0.15) is 23.4 Å². The third-order valence-corrected chi connectivity index (χ3v) is 5.42. The number of aryl methyl sites for hydroxylation is 1. The molecule has 0 bridgehead atoms. The van der Waals surface area contributed by atoms with Gasteiger partial charge < -0.3 is 15.4 Å². The zero-order chi connectivity index (χ0) is 26.7. The molecule has 0 radical (unpaired) electrons. The van der Waals surface area contributed by atoms with E-state index in [1.54, 1.807) is 31.2 Å². The molecule has 37 heavy (non-hydrogen) atoms. The van der Waals surface area contributed by atoms with Crippen LogP contribution in [0.5, 0.6) is 5.75 Å². The molecule has 10 nitrogen and oxygen atoms in total. The highest BCUT2D eigenvalue weighted by Gasteiger charge is 2.36. The first-order valence-corrected chi connectivity index (χ1v) is 11.4. The van der Waals surface area contributed by atoms with E-state index in [0.717, 1.165) is 12.1 Å². The molecule has 0 unspecified atom stereocenters. The van der Waals surface area contributed by atoms with E-state index >= 15 is 0 Å². The monoisotopic (exact) mass is 515 g/mol. The average molecular weight is 515 g/mol. The Morgan fingerprint density at radius 3 is 2.41 bits per heavy atom. The van der Waals surface area contributed by atoms with E-state index in [4.69, 9.17) is 4.74 Å². The number of carbonyl (C=O) groups is 2. The van der Waals surface area contributed by atoms with Gasteiger partial charge in [0.05, 0.1) is 18.5 Å². The highest BCUT2D eigenvalue weighted by molar-refractivity contribution is 6.07. The Balaban J connectivity index is 1.71. The zero-order valence-corrected chi connectivity index (χ0v) is 20.3. The molecule has 13 heteroatoms. The lowest BCUT2D eigenvalue weighted by Gasteiger charge is -2.11. The SMILES string of the molecule is CCCNC(=O)c1nn(CC)cc1NC(=O)c1cc2nc(-c3ccc(OC)cc3)cc(C(F)(F)F)n2n1. The first-order chi connectivity index (χ1) is 17.6. The molecule has 0 saturated carbocycles. The number of halogens is 3. The van der Waals surface area contributed by atoms with Crippen LogP contribution in [0.4, 0.5) is 18.9 Å². The number of alkyl halides is 3. The lowest BCUT2D eigenvalue weighted by Crippen LogP contribution is -2.26. The van der Waals surface area contributed by atoms with Crippen LogP contribution in [0, 0.1) is 0 Å². The van der Waals surface area contributed by atoms with Crippen molar-refractivity contribution >= 4 is 23.1 Å². The summed E-state index contributed by atoms with van der Waals surface area (Å²) >= 11 is 0. The van der Waals surface area contributed by atoms with E-state index in [1.807, 2.05) is 6.92 Å². The van der Waals surface area contributed by atoms with Crippen LogP contribution in [0.1, 0.15) is 46.9 Å². The second-order valence-electron chi connectivity index (χ2n) is 8.01. The molecule has 1 aromatic carbocycles. The van der Waals surface area contributed by atoms with Crippen molar-refractivity contribution in [2.24, 2.45) is 0 Å². The molecular weight excluding hydrogens is 491 g/mol. The lowest BCUT2D eigenvalue weighted by molar-refractivity contribution is -0.142. The summed E-state index contributed by atoms with van der Waals surface area (Å²) in [6.45, 7) is 4.55. The smallest absolute Gasteiger partial charge is 0.433 e. The number of benzene rings is 1. The molecule has 0 saturated heterocycles. The van der Waals surface area contributed by atoms with Crippen LogP contribution in [0.3, 0.4) is 0 Å². The number of fused-ring (bicyclic) bond motifs is 1. The Morgan fingerprint density at radius 1 is 1.05 bits per heavy atom. The van der Waals surface area contributed by atoms with Gasteiger partial charge in [-0.3, -0.25) is 14.3 Å². The number of hydrogen-bond acceptors (Lipinski definition) is 6. The molecule has 3 heterocycles. The van der Waals surface area contributed by atoms with Gasteiger partial charge in [0.15, 0.2) is 22.7 Å². The summed E-state index contributed by atoms with van der Waals surface area (Å²) in [5, 5.41) is 13.3. The fourth-order valence-electron chi connectivity index (χ4n) is 3.55. The predicted molar refractivity (Wildman–Crippen MR) is 128 cm³/mol. The van der Waals surface area contributed by atoms with E-state index < -0.39 is 23.7 Å². The summed E-state index contributed by atoms with van der Waals surface area (Å²) < 4.78 is 48.9. The molecule has 2 N–H and O–H groups in total. The quantitative estimate of drug-likeness (QED) is 0.366. The lowest BCUT2D eigenvalue weighted by atomic mass is 10.1. The van der Waals surface area contributed by atoms with Crippen molar-refractivity contribution in [3.05, 3.63) is 59.7 Å². The fourth-order valence-corrected chi connectivity index (χ4v) is 3.55. The Labute approximate surface area is 209 Å². The second-order valence-corrected chi connectivity index (χ2v) is 8.01. The Bertz CT molecular complexity index is 1440. The van der Waals surface area contributed by atoms with Crippen molar-refractivity contribution in [1.82, 2.24) is 29.7 Å². The van der Waals surface area contributed by atoms with Crippen molar-refractivity contribution in [3.63, 3.8) is 0 Å². The Kier molecular flexibility index (Phi) is 7.14. The molecule has 0 aliphatic rings. The molecule has 3 aromatic heterocycles. The van der Waals surface area contributed by atoms with Gasteiger partial charge in [-0.25, -0.2) is 9.50 Å². The summed E-state index contributed by atoms with van der Waals surface area (Å²) in [5.74, 6) is -0.757. The van der Waals surface area contributed by atoms with Gasteiger partial charge in [-0.15, -0.1) is 0 Å². The Morgan fingerprint density at radius 2 is 1.78 bits per heavy atom. The molecule has 0 aliphatic heterocycles. The molecule has 4 rings (SSSR count). The summed E-state index contributed by atoms with van der Waals surface area (Å²) in [5.41, 5.74) is -1.00. The number of nitrogens with zero attached hydrogens (tertiary/aromatic N) is 5. The first kappa shape index (κ1) is 25.7. The minimum absolute atomic E-state index is 0.0108. The van der Waals surface area contributed by atoms with E-state index in [2.05, 4.69) is 25.8 Å². The van der Waals surface area contributed by atoms with Gasteiger partial charge in [0, 0.05) is 30.9 Å². The molecule has 4 aromatic rings. The first-order valence-electron chi connectivity index (χ1n) is 11.4. The fraction of sp³-hybridized carbons (Fsp3) is 0.292. The summed E-state index contributed by atoms with van der Waals surface area (Å²) in [6.07, 6.45) is -2.60. The van der Waals surface area contributed by atoms with Gasteiger partial charge in [0.2, 0.25) is 0 Å². The van der Waals surface area contributed by atoms with Crippen molar-refractivity contribution in [1.29, 1.82) is 0 Å². The zero-order valence-electron chi connectivity index (χ0n) is 20.3. The molecule has 194 valence electrons. The van der Waals surface area contributed by atoms with Crippen LogP contribution < -0.4 is 15.4 Å². The maximum atomic E-state index is 13.9. The number of methoxy groups -OCH3 is 1. The third kappa shape index (κ3) is 5.39. The van der Waals surface area contributed by atoms with Gasteiger partial charge in [0.25, 0.3) is 11.8 Å². The minimum Gasteiger partial charge on any atom is -0.497 e. The molecule has 0 aliphatic carbocycles. The maximum absolute atomic E-state index is 13.9. The van der Waals surface area contributed by atoms with Gasteiger partial charge in [0.1, 0.15) is 5.75 Å². The third-order valence-electron chi connectivity index (χ3n) is 5.42. The van der Waals surface area contributed by atoms with Gasteiger partial charge in [-0.1, -0.05) is 6.92 Å². The summed E-state index contributed by atoms with van der Waals surface area (Å²) in [6, 6.07) is 8.39. The van der Waals surface area contributed by atoms with Crippen LogP contribution in [-0.4, -0.2) is 49.8 Å². The molecule has 0 spiro atoms. The average Bonchev–Trinajstić information content (AvgIpc) is 3.50. The van der Waals surface area contributed by atoms with Crippen LogP contribution in [-0.2, 0) is 12.7 Å². The molecule has 0 atom stereocenters. The number of rotatable bonds is 8. The summed E-state index contributed by atoms with van der Waals surface area (Å²) in [4.78, 5) is 29.7. The second kappa shape index (κ2) is 10.3. The molecular formula is C24H24F3N7O3. The number of carbonyl (C=O) groups excluding carboxylic acids is 2. The summed E-state index contributed by atoms with van der Waals surface area (Å²) in [7, 11) is 1.48. The largest absolute Gasteiger partial charge is 0.497 e. The number of ether oxygens (including phenoxy) is 1. The van der Waals surface area contributed by atoms with E-state index in [-0.39, 0.29) is 28.4 Å². The highest BCUT2D eigenvalue weighted by Crippen LogP contribution is 2.33. The van der Waals surface area contributed by atoms with Crippen molar-refractivity contribution in [2.75, 3.05) is 19.0 Å². The van der Waals surface area contributed by atoms with Crippen LogP contribution in [0.15, 0.2) is 42.6 Å². The van der Waals surface area contributed by atoms with Crippen LogP contribution in [0.2, 0.25) is 0 Å². The van der Waals surface area contributed by atoms with Gasteiger partial charge >= 0.3 is 6.18 Å². The number of aromatic nitrogens is 5. The van der Waals surface area contributed by atoms with Crippen molar-refractivity contribution in [3.8, 4) is 17.0 Å². The van der Waals surface area contributed by atoms with E-state index in [0.29, 0.717) is 35.3 Å². The van der Waals surface area contributed by atoms with E-state index in [1.165, 1.54) is 18.0 Å². The topological polar surface area (TPSA) is 115 Å². The minimum atomic E-state index is -4.77. The maximum Gasteiger partial charge on any atom is 0.433 e.